The van der Waals surface area contributed by atoms with Crippen molar-refractivity contribution >= 4 is 22.6 Å². The molecule has 1 aromatic carbocycles. The van der Waals surface area contributed by atoms with Crippen LogP contribution in [0, 0.1) is 10.1 Å². The van der Waals surface area contributed by atoms with Crippen LogP contribution in [0.4, 0.5) is 5.69 Å². The number of benzene rings is 1. The number of nitro groups is 1. The zero-order valence-corrected chi connectivity index (χ0v) is 18.0. The first kappa shape index (κ1) is 21.7. The number of aromatic nitrogens is 2. The molecule has 1 N–H and O–H groups in total. The molecular formula is C21H29N5O5. The molecule has 1 saturated carbocycles. The Bertz CT molecular complexity index is 951. The summed E-state index contributed by atoms with van der Waals surface area (Å²) in [6.45, 7) is 3.74. The van der Waals surface area contributed by atoms with E-state index in [2.05, 4.69) is 15.3 Å². The van der Waals surface area contributed by atoms with Crippen molar-refractivity contribution in [3.8, 4) is 0 Å². The summed E-state index contributed by atoms with van der Waals surface area (Å²) in [6, 6.07) is 4.05. The Morgan fingerprint density at radius 2 is 2.00 bits per heavy atom. The number of carbonyl (C=O) groups excluding carboxylic acids is 1. The maximum Gasteiger partial charge on any atom is 0.344 e. The second-order valence-electron chi connectivity index (χ2n) is 8.30. The second kappa shape index (κ2) is 9.29. The summed E-state index contributed by atoms with van der Waals surface area (Å²) >= 11 is 0. The highest BCUT2D eigenvalue weighted by Crippen LogP contribution is 2.34. The van der Waals surface area contributed by atoms with Crippen LogP contribution < -0.4 is 5.32 Å². The smallest absolute Gasteiger partial charge is 0.344 e. The van der Waals surface area contributed by atoms with Crippen LogP contribution >= 0.6 is 0 Å². The Morgan fingerprint density at radius 3 is 2.68 bits per heavy atom. The molecule has 0 amide bonds. The van der Waals surface area contributed by atoms with Gasteiger partial charge in [0.15, 0.2) is 0 Å². The Morgan fingerprint density at radius 1 is 1.26 bits per heavy atom. The van der Waals surface area contributed by atoms with E-state index in [1.165, 1.54) is 19.2 Å². The number of nitrogens with zero attached hydrogens (tertiary/aromatic N) is 4. The van der Waals surface area contributed by atoms with Crippen molar-refractivity contribution in [3.63, 3.8) is 0 Å². The molecule has 2 aliphatic rings. The summed E-state index contributed by atoms with van der Waals surface area (Å²) < 4.78 is 12.0. The predicted molar refractivity (Wildman–Crippen MR) is 114 cm³/mol. The number of hydrogen-bond donors (Lipinski definition) is 1. The van der Waals surface area contributed by atoms with Crippen LogP contribution in [0.25, 0.3) is 10.9 Å². The van der Waals surface area contributed by atoms with Gasteiger partial charge in [-0.2, -0.15) is 5.10 Å². The van der Waals surface area contributed by atoms with Gasteiger partial charge in [0.2, 0.25) is 0 Å². The van der Waals surface area contributed by atoms with Gasteiger partial charge in [-0.3, -0.25) is 19.7 Å². The Hall–Kier alpha value is -2.56. The molecule has 2 fully saturated rings. The van der Waals surface area contributed by atoms with Crippen molar-refractivity contribution < 1.29 is 19.2 Å². The molecule has 0 radical (unpaired) electrons. The van der Waals surface area contributed by atoms with Crippen LogP contribution in [0.15, 0.2) is 18.3 Å². The number of ether oxygens (including phenoxy) is 2. The van der Waals surface area contributed by atoms with E-state index >= 15 is 0 Å². The normalized spacial score (nSPS) is 24.9. The lowest BCUT2D eigenvalue weighted by molar-refractivity contribution is -0.385. The highest BCUT2D eigenvalue weighted by Gasteiger charge is 2.33. The molecule has 10 nitrogen and oxygen atoms in total. The number of hydrogen-bond acceptors (Lipinski definition) is 8. The maximum atomic E-state index is 12.0. The molecule has 4 rings (SSSR count). The lowest BCUT2D eigenvalue weighted by atomic mass is 9.89. The van der Waals surface area contributed by atoms with Crippen LogP contribution in [0.5, 0.6) is 0 Å². The Kier molecular flexibility index (Phi) is 6.49. The average Bonchev–Trinajstić information content (AvgIpc) is 3.21. The number of fused-ring (bicyclic) bond motifs is 1. The van der Waals surface area contributed by atoms with Crippen LogP contribution in [0.1, 0.15) is 42.1 Å². The molecule has 2 heterocycles. The van der Waals surface area contributed by atoms with Crippen LogP contribution in [-0.2, 0) is 9.47 Å². The molecule has 1 saturated heterocycles. The number of carbonyl (C=O) groups is 1. The molecule has 168 valence electrons. The van der Waals surface area contributed by atoms with E-state index in [4.69, 9.17) is 9.47 Å². The van der Waals surface area contributed by atoms with Crippen molar-refractivity contribution in [3.05, 3.63) is 34.0 Å². The van der Waals surface area contributed by atoms with Gasteiger partial charge >= 0.3 is 5.97 Å². The number of methoxy groups -OCH3 is 2. The molecule has 1 aromatic heterocycles. The molecule has 1 aliphatic carbocycles. The van der Waals surface area contributed by atoms with Crippen molar-refractivity contribution in [2.45, 2.75) is 43.8 Å². The van der Waals surface area contributed by atoms with E-state index in [-0.39, 0.29) is 17.3 Å². The first-order valence-corrected chi connectivity index (χ1v) is 10.7. The largest absolute Gasteiger partial charge is 0.465 e. The van der Waals surface area contributed by atoms with Gasteiger partial charge in [0, 0.05) is 56.5 Å². The molecule has 0 spiro atoms. The van der Waals surface area contributed by atoms with Gasteiger partial charge in [0.05, 0.1) is 30.2 Å². The summed E-state index contributed by atoms with van der Waals surface area (Å²) in [5.41, 5.74) is 0.234. The zero-order chi connectivity index (χ0) is 22.0. The van der Waals surface area contributed by atoms with E-state index in [1.54, 1.807) is 7.11 Å². The average molecular weight is 431 g/mol. The van der Waals surface area contributed by atoms with Gasteiger partial charge in [-0.25, -0.2) is 4.79 Å². The van der Waals surface area contributed by atoms with E-state index in [0.29, 0.717) is 23.0 Å². The molecule has 2 aromatic rings. The van der Waals surface area contributed by atoms with Gasteiger partial charge in [-0.05, 0) is 31.7 Å². The molecule has 10 heteroatoms. The van der Waals surface area contributed by atoms with Gasteiger partial charge in [0.1, 0.15) is 5.56 Å². The summed E-state index contributed by atoms with van der Waals surface area (Å²) in [4.78, 5) is 25.4. The predicted octanol–water partition coefficient (Wildman–Crippen LogP) is 2.13. The summed E-state index contributed by atoms with van der Waals surface area (Å²) in [5, 5.41) is 20.2. The fraction of sp³-hybridized carbons (Fsp3) is 0.619. The standard InChI is InChI=1S/C21H29N5O5/c1-30-13-17-11-22-7-8-24(17)15-3-5-16(6-4-15)25-12-14-9-20(26(28)29)18(21(27)31-2)10-19(14)23-25/h9-10,12,15-17,22H,3-8,11,13H2,1-2H3/t15?,16?,17-/m1/s1. The quantitative estimate of drug-likeness (QED) is 0.421. The number of esters is 1. The molecule has 1 aliphatic heterocycles. The van der Waals surface area contributed by atoms with Crippen molar-refractivity contribution in [2.24, 2.45) is 0 Å². The SMILES string of the molecule is COC[C@H]1CNCCN1C1CCC(n2cc3cc([N+](=O)[O-])c(C(=O)OC)cc3n2)CC1. The van der Waals surface area contributed by atoms with Crippen molar-refractivity contribution in [2.75, 3.05) is 40.5 Å². The molecule has 0 unspecified atom stereocenters. The fourth-order valence-corrected chi connectivity index (χ4v) is 4.95. The lowest BCUT2D eigenvalue weighted by Crippen LogP contribution is -2.57. The third-order valence-electron chi connectivity index (χ3n) is 6.51. The highest BCUT2D eigenvalue weighted by atomic mass is 16.6. The number of nitrogens with one attached hydrogen (secondary N) is 1. The van der Waals surface area contributed by atoms with Gasteiger partial charge in [-0.15, -0.1) is 0 Å². The Labute approximate surface area is 180 Å². The maximum absolute atomic E-state index is 12.0. The summed E-state index contributed by atoms with van der Waals surface area (Å²) in [6.07, 6.45) is 6.00. The monoisotopic (exact) mass is 431 g/mol. The second-order valence-corrected chi connectivity index (χ2v) is 8.30. The topological polar surface area (TPSA) is 112 Å². The van der Waals surface area contributed by atoms with Gasteiger partial charge in [-0.1, -0.05) is 0 Å². The number of piperazine rings is 1. The minimum atomic E-state index is -0.731. The number of nitro benzene ring substituents is 1. The van der Waals surface area contributed by atoms with E-state index in [0.717, 1.165) is 51.9 Å². The number of rotatable bonds is 6. The molecule has 0 bridgehead atoms. The van der Waals surface area contributed by atoms with E-state index in [9.17, 15) is 14.9 Å². The third-order valence-corrected chi connectivity index (χ3v) is 6.51. The summed E-state index contributed by atoms with van der Waals surface area (Å²) in [7, 11) is 2.96. The minimum absolute atomic E-state index is 0.0724. The first-order valence-electron chi connectivity index (χ1n) is 10.7. The van der Waals surface area contributed by atoms with Gasteiger partial charge in [0.25, 0.3) is 5.69 Å². The van der Waals surface area contributed by atoms with E-state index in [1.807, 2.05) is 10.9 Å². The first-order chi connectivity index (χ1) is 15.0. The van der Waals surface area contributed by atoms with Crippen molar-refractivity contribution in [1.82, 2.24) is 20.0 Å². The fourth-order valence-electron chi connectivity index (χ4n) is 4.95. The third kappa shape index (κ3) is 4.41. The Balaban J connectivity index is 1.50. The minimum Gasteiger partial charge on any atom is -0.465 e. The highest BCUT2D eigenvalue weighted by molar-refractivity contribution is 5.99. The van der Waals surface area contributed by atoms with E-state index < -0.39 is 10.9 Å². The summed E-state index contributed by atoms with van der Waals surface area (Å²) in [5.74, 6) is -0.731. The van der Waals surface area contributed by atoms with Crippen LogP contribution in [0.2, 0.25) is 0 Å². The van der Waals surface area contributed by atoms with Crippen LogP contribution in [0.3, 0.4) is 0 Å². The molecular weight excluding hydrogens is 402 g/mol. The van der Waals surface area contributed by atoms with Crippen molar-refractivity contribution in [1.29, 1.82) is 0 Å². The lowest BCUT2D eigenvalue weighted by Gasteiger charge is -2.44. The molecule has 1 atom stereocenters. The zero-order valence-electron chi connectivity index (χ0n) is 18.0. The van der Waals surface area contributed by atoms with Crippen LogP contribution in [-0.4, -0.2) is 78.1 Å². The molecule has 31 heavy (non-hydrogen) atoms. The van der Waals surface area contributed by atoms with Gasteiger partial charge < -0.3 is 14.8 Å².